The molecule has 0 heterocycles. The van der Waals surface area contributed by atoms with Crippen LogP contribution in [0.1, 0.15) is 7.43 Å². The molecule has 5 heavy (non-hydrogen) atoms. The minimum Gasteiger partial charge on any atom is -0.210 e. The van der Waals surface area contributed by atoms with Gasteiger partial charge in [-0.3, -0.25) is 0 Å². The van der Waals surface area contributed by atoms with Crippen molar-refractivity contribution in [3.8, 4) is 6.26 Å². The Hall–Kier alpha value is -0.780. The zero-order chi connectivity index (χ0) is 3.41. The molecule has 30 valence electrons. The lowest BCUT2D eigenvalue weighted by Crippen LogP contribution is -1.43. The molecule has 0 aromatic heterocycles. The molecule has 0 aromatic carbocycles. The number of hydrogen-bond donors (Lipinski definition) is 0. The van der Waals surface area contributed by atoms with Crippen molar-refractivity contribution in [1.29, 1.82) is 5.26 Å². The first-order chi connectivity index (χ1) is 1.91. The molecule has 2 nitrogen and oxygen atoms in total. The zero-order valence-electron chi connectivity index (χ0n) is 1.73. The van der Waals surface area contributed by atoms with Crippen molar-refractivity contribution in [3.63, 3.8) is 0 Å². The predicted molar refractivity (Wildman–Crippen MR) is 14.5 cm³/mol. The highest BCUT2D eigenvalue weighted by atomic mass is 19.3. The lowest BCUT2D eigenvalue weighted by molar-refractivity contribution is -0.0471. The van der Waals surface area contributed by atoms with Crippen LogP contribution in [-0.4, -0.2) is 0 Å². The minimum absolute atomic E-state index is 0. The second kappa shape index (κ2) is 10.7. The van der Waals surface area contributed by atoms with Gasteiger partial charge in [0.2, 0.25) is 0 Å². The van der Waals surface area contributed by atoms with E-state index in [2.05, 4.69) is 4.94 Å². The maximum absolute atomic E-state index is 9.86. The predicted octanol–water partition coefficient (Wildman–Crippen LogP) is 1.00. The van der Waals surface area contributed by atoms with E-state index in [1.807, 2.05) is 0 Å². The van der Waals surface area contributed by atoms with Crippen LogP contribution in [-0.2, 0) is 4.94 Å². The summed E-state index contributed by atoms with van der Waals surface area (Å²) >= 11 is 0. The Balaban J connectivity index is 0. The van der Waals surface area contributed by atoms with Gasteiger partial charge >= 0.3 is 6.26 Å². The van der Waals surface area contributed by atoms with E-state index in [4.69, 9.17) is 5.26 Å². The summed E-state index contributed by atoms with van der Waals surface area (Å²) in [4.78, 5) is 2.35. The van der Waals surface area contributed by atoms with Crippen LogP contribution < -0.4 is 0 Å². The van der Waals surface area contributed by atoms with E-state index >= 15 is 0 Å². The third-order valence-corrected chi connectivity index (χ3v) is 0.0345. The fourth-order valence-corrected chi connectivity index (χ4v) is 0. The van der Waals surface area contributed by atoms with Crippen LogP contribution in [0, 0.1) is 11.5 Å². The van der Waals surface area contributed by atoms with Gasteiger partial charge in [-0.25, -0.2) is 4.94 Å². The Bertz CT molecular complexity index is 39.4. The van der Waals surface area contributed by atoms with Gasteiger partial charge in [-0.1, -0.05) is 7.43 Å². The molecule has 0 bridgehead atoms. The SMILES string of the molecule is C.N#COF. The van der Waals surface area contributed by atoms with Crippen molar-refractivity contribution in [2.75, 3.05) is 0 Å². The summed E-state index contributed by atoms with van der Waals surface area (Å²) in [6.07, 6.45) is 0.764. The van der Waals surface area contributed by atoms with E-state index in [1.54, 1.807) is 0 Å². The molecule has 0 aliphatic carbocycles. The Morgan fingerprint density at radius 2 is 2.00 bits per heavy atom. The van der Waals surface area contributed by atoms with Crippen molar-refractivity contribution in [1.82, 2.24) is 0 Å². The van der Waals surface area contributed by atoms with E-state index in [-0.39, 0.29) is 7.43 Å². The summed E-state index contributed by atoms with van der Waals surface area (Å²) in [6.45, 7) is 0. The number of nitriles is 1. The van der Waals surface area contributed by atoms with Crippen LogP contribution in [0.15, 0.2) is 0 Å². The van der Waals surface area contributed by atoms with Crippen LogP contribution in [0.25, 0.3) is 0 Å². The highest BCUT2D eigenvalue weighted by Crippen LogP contribution is 1.56. The minimum atomic E-state index is 0. The molecule has 0 aliphatic heterocycles. The van der Waals surface area contributed by atoms with Gasteiger partial charge in [0.05, 0.1) is 0 Å². The van der Waals surface area contributed by atoms with Gasteiger partial charge in [-0.05, 0) is 0 Å². The molecule has 0 unspecified atom stereocenters. The summed E-state index contributed by atoms with van der Waals surface area (Å²) in [5, 5.41) is 7.03. The van der Waals surface area contributed by atoms with E-state index in [0.717, 1.165) is 6.26 Å². The topological polar surface area (TPSA) is 33.0 Å². The summed E-state index contributed by atoms with van der Waals surface area (Å²) in [5.41, 5.74) is 0. The average Bonchev–Trinajstić information content (AvgIpc) is 1.37. The third kappa shape index (κ3) is 99.0. The van der Waals surface area contributed by atoms with Crippen molar-refractivity contribution < 1.29 is 9.47 Å². The Kier molecular flexibility index (Phi) is 18.9. The first kappa shape index (κ1) is 8.88. The highest BCUT2D eigenvalue weighted by molar-refractivity contribution is 4.35. The third-order valence-electron chi connectivity index (χ3n) is 0.0345. The van der Waals surface area contributed by atoms with Gasteiger partial charge in [0, 0.05) is 4.53 Å². The lowest BCUT2D eigenvalue weighted by Gasteiger charge is -1.50. The molecule has 0 N–H and O–H groups in total. The Morgan fingerprint density at radius 1 is 1.80 bits per heavy atom. The fraction of sp³-hybridized carbons (Fsp3) is 0.500. The van der Waals surface area contributed by atoms with E-state index in [1.165, 1.54) is 0 Å². The molecule has 0 amide bonds. The van der Waals surface area contributed by atoms with Crippen LogP contribution in [0.2, 0.25) is 0 Å². The summed E-state index contributed by atoms with van der Waals surface area (Å²) < 4.78 is 9.86. The number of rotatable bonds is 0. The molecule has 0 saturated carbocycles. The monoisotopic (exact) mass is 77.0 g/mol. The van der Waals surface area contributed by atoms with E-state index in [9.17, 15) is 4.53 Å². The standard InChI is InChI=1S/CFNO.CH4/c2-4-1-3;/h;1H4. The zero-order valence-corrected chi connectivity index (χ0v) is 1.73. The molecule has 0 aliphatic rings. The Morgan fingerprint density at radius 3 is 2.00 bits per heavy atom. The number of halogens is 1. The van der Waals surface area contributed by atoms with Gasteiger partial charge in [0.25, 0.3) is 0 Å². The van der Waals surface area contributed by atoms with Gasteiger partial charge in [0.15, 0.2) is 0 Å². The van der Waals surface area contributed by atoms with E-state index in [0.29, 0.717) is 0 Å². The molecule has 0 fully saturated rings. The van der Waals surface area contributed by atoms with E-state index < -0.39 is 0 Å². The van der Waals surface area contributed by atoms with Crippen LogP contribution >= 0.6 is 0 Å². The summed E-state index contributed by atoms with van der Waals surface area (Å²) in [6, 6.07) is 0. The Labute approximate surface area is 29.7 Å². The van der Waals surface area contributed by atoms with Crippen molar-refractivity contribution in [2.24, 2.45) is 0 Å². The molecule has 0 atom stereocenters. The lowest BCUT2D eigenvalue weighted by atomic mass is 11.6. The molecule has 0 spiro atoms. The number of nitrogens with zero attached hydrogens (tertiary/aromatic N) is 1. The van der Waals surface area contributed by atoms with Crippen LogP contribution in [0.4, 0.5) is 4.53 Å². The smallest absolute Gasteiger partial charge is 0.210 e. The number of hydrogen-bond acceptors (Lipinski definition) is 2. The molecule has 0 aromatic rings. The summed E-state index contributed by atoms with van der Waals surface area (Å²) in [7, 11) is 0. The molecule has 3 heteroatoms. The van der Waals surface area contributed by atoms with Crippen molar-refractivity contribution in [3.05, 3.63) is 0 Å². The second-order valence-electron chi connectivity index (χ2n) is 0.168. The first-order valence-corrected chi connectivity index (χ1v) is 0.582. The molecular weight excluding hydrogens is 73.0 g/mol. The molecular formula is C2H4FNO. The quantitative estimate of drug-likeness (QED) is 0.404. The average molecular weight is 77.1 g/mol. The van der Waals surface area contributed by atoms with Crippen molar-refractivity contribution >= 4 is 0 Å². The summed E-state index contributed by atoms with van der Waals surface area (Å²) in [5.74, 6) is 0. The van der Waals surface area contributed by atoms with Crippen LogP contribution in [0.3, 0.4) is 0 Å². The molecule has 0 saturated heterocycles. The first-order valence-electron chi connectivity index (χ1n) is 0.582. The normalized spacial score (nSPS) is 3.20. The fourth-order valence-electron chi connectivity index (χ4n) is 0. The van der Waals surface area contributed by atoms with Gasteiger partial charge in [-0.2, -0.15) is 0 Å². The maximum Gasteiger partial charge on any atom is 0.331 e. The van der Waals surface area contributed by atoms with Crippen LogP contribution in [0.5, 0.6) is 0 Å². The molecule has 0 rings (SSSR count). The maximum atomic E-state index is 9.86. The van der Waals surface area contributed by atoms with Gasteiger partial charge < -0.3 is 0 Å². The van der Waals surface area contributed by atoms with Gasteiger partial charge in [0.1, 0.15) is 0 Å². The van der Waals surface area contributed by atoms with Gasteiger partial charge in [-0.15, -0.1) is 5.26 Å². The second-order valence-corrected chi connectivity index (χ2v) is 0.168. The highest BCUT2D eigenvalue weighted by Gasteiger charge is 1.50. The van der Waals surface area contributed by atoms with Crippen molar-refractivity contribution in [2.45, 2.75) is 7.43 Å². The largest absolute Gasteiger partial charge is 0.331 e. The molecule has 0 radical (unpaired) electrons.